The monoisotopic (exact) mass is 498 g/mol. The zero-order valence-electron chi connectivity index (χ0n) is 13.8. The fourth-order valence-electron chi connectivity index (χ4n) is 2.08. The molecule has 0 saturated carbocycles. The first-order valence-corrected chi connectivity index (χ1v) is 8.83. The summed E-state index contributed by atoms with van der Waals surface area (Å²) >= 11 is 9.53. The number of carbonyl (C=O) groups excluding carboxylic acids is 1. The molecule has 0 aromatic rings. The number of rotatable bonds is 2. The van der Waals surface area contributed by atoms with Gasteiger partial charge in [0.15, 0.2) is 0 Å². The Morgan fingerprint density at radius 3 is 2.00 bits per heavy atom. The van der Waals surface area contributed by atoms with Gasteiger partial charge in [-0.15, -0.1) is 47.2 Å². The van der Waals surface area contributed by atoms with Crippen LogP contribution in [0.3, 0.4) is 0 Å². The highest BCUT2D eigenvalue weighted by Crippen LogP contribution is 2.10. The zero-order valence-corrected chi connectivity index (χ0v) is 17.7. The number of aliphatic hydroxyl groups excluding tert-OH is 2. The van der Waals surface area contributed by atoms with E-state index in [1.54, 1.807) is 4.90 Å². The molecule has 9 heteroatoms. The number of nitrogens with one attached hydrogen (secondary N) is 1. The van der Waals surface area contributed by atoms with Crippen molar-refractivity contribution < 1.29 is 19.7 Å². The highest BCUT2D eigenvalue weighted by Gasteiger charge is 2.21. The lowest BCUT2D eigenvalue weighted by Gasteiger charge is -2.28. The third kappa shape index (κ3) is 14.5. The lowest BCUT2D eigenvalue weighted by atomic mass is 10.1. The summed E-state index contributed by atoms with van der Waals surface area (Å²) in [5.41, 5.74) is 0. The first kappa shape index (κ1) is 26.4. The van der Waals surface area contributed by atoms with E-state index in [-0.39, 0.29) is 54.2 Å². The number of likely N-dealkylation sites (tertiary alicyclic amines) is 1. The second-order valence-electron chi connectivity index (χ2n) is 5.17. The number of piperidine rings is 2. The van der Waals surface area contributed by atoms with Gasteiger partial charge in [-0.05, 0) is 38.8 Å². The SMILES string of the molecule is C=CCOC(=O)N1CCC(O)CC1.ClCCl.I.OC1CCNCC1. The maximum atomic E-state index is 11.2. The molecule has 0 aromatic heterocycles. The molecule has 0 spiro atoms. The molecule has 0 unspecified atom stereocenters. The standard InChI is InChI=1S/C9H15NO3.C5H11NO.CH2Cl2.HI/c1-2-7-13-9(12)10-5-3-8(11)4-6-10;7-5-1-3-6-4-2-5;2-1-3;/h2,8,11H,1,3-7H2;5-7H,1-4H2;1H2;1H. The van der Waals surface area contributed by atoms with E-state index in [2.05, 4.69) is 11.9 Å². The summed E-state index contributed by atoms with van der Waals surface area (Å²) in [6, 6.07) is 0. The van der Waals surface area contributed by atoms with E-state index in [0.717, 1.165) is 25.9 Å². The van der Waals surface area contributed by atoms with Crippen LogP contribution in [0.2, 0.25) is 0 Å². The Hall–Kier alpha value is 0.200. The fraction of sp³-hybridized carbons (Fsp3) is 0.800. The predicted molar refractivity (Wildman–Crippen MR) is 108 cm³/mol. The number of nitrogens with zero attached hydrogens (tertiary/aromatic N) is 1. The topological polar surface area (TPSA) is 82.0 Å². The van der Waals surface area contributed by atoms with Crippen molar-refractivity contribution in [2.75, 3.05) is 38.1 Å². The molecular formula is C15H29Cl2IN2O4. The van der Waals surface area contributed by atoms with Crippen LogP contribution >= 0.6 is 47.2 Å². The molecule has 2 heterocycles. The molecule has 144 valence electrons. The van der Waals surface area contributed by atoms with E-state index in [1.807, 2.05) is 0 Å². The van der Waals surface area contributed by atoms with E-state index in [9.17, 15) is 9.90 Å². The molecule has 6 nitrogen and oxygen atoms in total. The second kappa shape index (κ2) is 18.0. The van der Waals surface area contributed by atoms with Gasteiger partial charge in [0, 0.05) is 13.1 Å². The largest absolute Gasteiger partial charge is 0.445 e. The van der Waals surface area contributed by atoms with Crippen LogP contribution in [0.5, 0.6) is 0 Å². The van der Waals surface area contributed by atoms with Crippen LogP contribution in [0.1, 0.15) is 25.7 Å². The molecule has 2 rings (SSSR count). The Balaban J connectivity index is 0. The number of carbonyl (C=O) groups is 1. The van der Waals surface area contributed by atoms with E-state index in [0.29, 0.717) is 25.9 Å². The van der Waals surface area contributed by atoms with E-state index in [1.165, 1.54) is 6.08 Å². The zero-order chi connectivity index (χ0) is 17.5. The second-order valence-corrected chi connectivity index (χ2v) is 5.97. The fourth-order valence-corrected chi connectivity index (χ4v) is 2.08. The van der Waals surface area contributed by atoms with Crippen molar-refractivity contribution in [1.29, 1.82) is 0 Å². The van der Waals surface area contributed by atoms with E-state index >= 15 is 0 Å². The van der Waals surface area contributed by atoms with Crippen molar-refractivity contribution in [3.05, 3.63) is 12.7 Å². The van der Waals surface area contributed by atoms with Crippen LogP contribution in [0.4, 0.5) is 4.79 Å². The average molecular weight is 499 g/mol. The molecular weight excluding hydrogens is 470 g/mol. The molecule has 3 N–H and O–H groups in total. The number of aliphatic hydroxyl groups is 2. The Labute approximate surface area is 171 Å². The van der Waals surface area contributed by atoms with Crippen LogP contribution in [0.25, 0.3) is 0 Å². The van der Waals surface area contributed by atoms with Gasteiger partial charge in [-0.1, -0.05) is 12.7 Å². The summed E-state index contributed by atoms with van der Waals surface area (Å²) in [6.07, 6.45) is 4.08. The van der Waals surface area contributed by atoms with E-state index < -0.39 is 0 Å². The molecule has 2 fully saturated rings. The van der Waals surface area contributed by atoms with Crippen LogP contribution in [-0.4, -0.2) is 71.5 Å². The van der Waals surface area contributed by atoms with Gasteiger partial charge in [-0.25, -0.2) is 4.79 Å². The van der Waals surface area contributed by atoms with Gasteiger partial charge in [0.25, 0.3) is 0 Å². The number of alkyl halides is 2. The van der Waals surface area contributed by atoms with Crippen LogP contribution in [-0.2, 0) is 4.74 Å². The smallest absolute Gasteiger partial charge is 0.410 e. The summed E-state index contributed by atoms with van der Waals surface area (Å²) in [7, 11) is 0. The van der Waals surface area contributed by atoms with Gasteiger partial charge in [0.05, 0.1) is 17.5 Å². The van der Waals surface area contributed by atoms with Crippen molar-refractivity contribution >= 4 is 53.3 Å². The third-order valence-corrected chi connectivity index (χ3v) is 3.36. The maximum absolute atomic E-state index is 11.2. The van der Waals surface area contributed by atoms with Gasteiger partial charge in [-0.3, -0.25) is 0 Å². The minimum atomic E-state index is -0.313. The molecule has 2 aliphatic rings. The molecule has 0 aliphatic carbocycles. The summed E-state index contributed by atoms with van der Waals surface area (Å²) in [5, 5.41) is 21.4. The first-order valence-electron chi connectivity index (χ1n) is 7.76. The molecule has 0 radical (unpaired) electrons. The summed E-state index contributed by atoms with van der Waals surface area (Å²) < 4.78 is 4.85. The van der Waals surface area contributed by atoms with Gasteiger partial charge in [0.1, 0.15) is 6.61 Å². The minimum Gasteiger partial charge on any atom is -0.445 e. The number of hydrogen-bond acceptors (Lipinski definition) is 5. The van der Waals surface area contributed by atoms with Crippen molar-refractivity contribution in [1.82, 2.24) is 10.2 Å². The molecule has 2 saturated heterocycles. The number of ether oxygens (including phenoxy) is 1. The Morgan fingerprint density at radius 1 is 1.17 bits per heavy atom. The molecule has 2 aliphatic heterocycles. The molecule has 0 aromatic carbocycles. The summed E-state index contributed by atoms with van der Waals surface area (Å²) in [6.45, 7) is 6.84. The average Bonchev–Trinajstić information content (AvgIpc) is 2.55. The highest BCUT2D eigenvalue weighted by atomic mass is 127. The third-order valence-electron chi connectivity index (χ3n) is 3.36. The van der Waals surface area contributed by atoms with Crippen molar-refractivity contribution in [2.45, 2.75) is 37.9 Å². The number of halogens is 3. The van der Waals surface area contributed by atoms with Gasteiger partial charge in [-0.2, -0.15) is 0 Å². The maximum Gasteiger partial charge on any atom is 0.410 e. The van der Waals surface area contributed by atoms with Crippen molar-refractivity contribution in [3.63, 3.8) is 0 Å². The quantitative estimate of drug-likeness (QED) is 0.309. The molecule has 0 atom stereocenters. The first-order chi connectivity index (χ1) is 11.0. The number of amides is 1. The lowest BCUT2D eigenvalue weighted by Crippen LogP contribution is -2.40. The molecule has 0 bridgehead atoms. The normalized spacial score (nSPS) is 18.1. The van der Waals surface area contributed by atoms with Gasteiger partial charge < -0.3 is 25.2 Å². The highest BCUT2D eigenvalue weighted by molar-refractivity contribution is 14.0. The predicted octanol–water partition coefficient (Wildman–Crippen LogP) is 2.54. The van der Waals surface area contributed by atoms with E-state index in [4.69, 9.17) is 33.0 Å². The van der Waals surface area contributed by atoms with Gasteiger partial charge in [0.2, 0.25) is 0 Å². The van der Waals surface area contributed by atoms with Crippen LogP contribution in [0, 0.1) is 0 Å². The van der Waals surface area contributed by atoms with Crippen LogP contribution in [0.15, 0.2) is 12.7 Å². The van der Waals surface area contributed by atoms with Gasteiger partial charge >= 0.3 is 6.09 Å². The lowest BCUT2D eigenvalue weighted by molar-refractivity contribution is 0.0638. The summed E-state index contributed by atoms with van der Waals surface area (Å²) in [4.78, 5) is 12.8. The van der Waals surface area contributed by atoms with Crippen LogP contribution < -0.4 is 5.32 Å². The number of hydrogen-bond donors (Lipinski definition) is 3. The Morgan fingerprint density at radius 2 is 1.62 bits per heavy atom. The summed E-state index contributed by atoms with van der Waals surface area (Å²) in [5.74, 6) is 0. The van der Waals surface area contributed by atoms with Crippen molar-refractivity contribution in [2.24, 2.45) is 0 Å². The molecule has 24 heavy (non-hydrogen) atoms. The van der Waals surface area contributed by atoms with Crippen molar-refractivity contribution in [3.8, 4) is 0 Å². The Bertz CT molecular complexity index is 314. The Kier molecular flexibility index (Phi) is 19.8. The minimum absolute atomic E-state index is 0. The molecule has 1 amide bonds.